The van der Waals surface area contributed by atoms with Gasteiger partial charge in [0.15, 0.2) is 9.84 Å². The lowest BCUT2D eigenvalue weighted by Crippen LogP contribution is -2.20. The fourth-order valence-electron chi connectivity index (χ4n) is 1.71. The van der Waals surface area contributed by atoms with Crippen LogP contribution in [0, 0.1) is 6.92 Å². The third-order valence-electron chi connectivity index (χ3n) is 2.79. The minimum absolute atomic E-state index is 0.102. The van der Waals surface area contributed by atoms with E-state index in [1.165, 1.54) is 0 Å². The molecule has 0 heterocycles. The number of hydrogen-bond donors (Lipinski definition) is 1. The zero-order valence-electron chi connectivity index (χ0n) is 11.0. The molecular weight excluding hydrogens is 268 g/mol. The first-order valence-corrected chi connectivity index (χ1v) is 7.72. The summed E-state index contributed by atoms with van der Waals surface area (Å²) in [6.07, 6.45) is 0.810. The van der Waals surface area contributed by atoms with E-state index in [1.54, 1.807) is 19.1 Å². The van der Waals surface area contributed by atoms with E-state index in [2.05, 4.69) is 4.74 Å². The molecule has 0 aliphatic heterocycles. The molecule has 0 amide bonds. The average Bonchev–Trinajstić information content (AvgIpc) is 2.33. The summed E-state index contributed by atoms with van der Waals surface area (Å²) < 4.78 is 27.5. The van der Waals surface area contributed by atoms with Gasteiger partial charge in [-0.3, -0.25) is 4.79 Å². The summed E-state index contributed by atoms with van der Waals surface area (Å²) in [5.41, 5.74) is 1.48. The first-order valence-electron chi connectivity index (χ1n) is 5.90. The Hall–Kier alpha value is -1.56. The Kier molecular flexibility index (Phi) is 5.35. The van der Waals surface area contributed by atoms with Crippen molar-refractivity contribution in [3.8, 4) is 5.75 Å². The van der Waals surface area contributed by atoms with Crippen LogP contribution in [-0.4, -0.2) is 38.1 Å². The highest BCUT2D eigenvalue weighted by atomic mass is 32.2. The zero-order valence-corrected chi connectivity index (χ0v) is 11.9. The van der Waals surface area contributed by atoms with E-state index in [4.69, 9.17) is 0 Å². The van der Waals surface area contributed by atoms with Crippen LogP contribution in [0.2, 0.25) is 0 Å². The summed E-state index contributed by atoms with van der Waals surface area (Å²) in [5.74, 6) is -1.25. The Morgan fingerprint density at radius 3 is 2.68 bits per heavy atom. The van der Waals surface area contributed by atoms with E-state index < -0.39 is 21.6 Å². The number of phenols is 1. The molecule has 5 nitrogen and oxygen atoms in total. The first-order chi connectivity index (χ1) is 8.85. The topological polar surface area (TPSA) is 80.7 Å². The molecule has 0 aliphatic carbocycles. The number of aromatic hydroxyl groups is 1. The van der Waals surface area contributed by atoms with E-state index in [-0.39, 0.29) is 11.5 Å². The molecule has 0 aromatic heterocycles. The van der Waals surface area contributed by atoms with Crippen molar-refractivity contribution in [1.82, 2.24) is 0 Å². The van der Waals surface area contributed by atoms with Gasteiger partial charge in [-0.15, -0.1) is 0 Å². The summed E-state index contributed by atoms with van der Waals surface area (Å²) in [5, 5.41) is 9.79. The molecule has 106 valence electrons. The number of methoxy groups -OCH3 is 1. The number of hydrogen-bond acceptors (Lipinski definition) is 5. The Balaban J connectivity index is 2.55. The van der Waals surface area contributed by atoms with Crippen LogP contribution in [0.4, 0.5) is 0 Å². The Morgan fingerprint density at radius 2 is 2.05 bits per heavy atom. The predicted octanol–water partition coefficient (Wildman–Crippen LogP) is 1.22. The van der Waals surface area contributed by atoms with Gasteiger partial charge in [0.1, 0.15) is 11.5 Å². The molecule has 0 fully saturated rings. The lowest BCUT2D eigenvalue weighted by molar-refractivity contribution is -0.137. The Labute approximate surface area is 113 Å². The molecule has 1 aromatic carbocycles. The zero-order chi connectivity index (χ0) is 14.5. The van der Waals surface area contributed by atoms with Crippen molar-refractivity contribution in [3.05, 3.63) is 29.3 Å². The SMILES string of the molecule is COC(=O)CS(=O)(=O)CCCc1cccc(C)c1O. The largest absolute Gasteiger partial charge is 0.507 e. The fraction of sp³-hybridized carbons (Fsp3) is 0.462. The van der Waals surface area contributed by atoms with Crippen molar-refractivity contribution in [2.45, 2.75) is 19.8 Å². The molecular formula is C13H18O5S. The van der Waals surface area contributed by atoms with Crippen LogP contribution in [0.5, 0.6) is 5.75 Å². The third kappa shape index (κ3) is 4.90. The van der Waals surface area contributed by atoms with Crippen molar-refractivity contribution in [3.63, 3.8) is 0 Å². The van der Waals surface area contributed by atoms with E-state index >= 15 is 0 Å². The van der Waals surface area contributed by atoms with Crippen LogP contribution in [-0.2, 0) is 25.8 Å². The lowest BCUT2D eigenvalue weighted by atomic mass is 10.1. The standard InChI is InChI=1S/C13H18O5S/c1-10-5-3-6-11(13(10)15)7-4-8-19(16,17)9-12(14)18-2/h3,5-6,15H,4,7-9H2,1-2H3. The highest BCUT2D eigenvalue weighted by molar-refractivity contribution is 7.92. The van der Waals surface area contributed by atoms with Crippen LogP contribution in [0.15, 0.2) is 18.2 Å². The van der Waals surface area contributed by atoms with Crippen LogP contribution in [0.1, 0.15) is 17.5 Å². The maximum atomic E-state index is 11.6. The summed E-state index contributed by atoms with van der Waals surface area (Å²) in [6.45, 7) is 1.78. The summed E-state index contributed by atoms with van der Waals surface area (Å²) in [6, 6.07) is 5.36. The average molecular weight is 286 g/mol. The molecule has 0 saturated heterocycles. The number of benzene rings is 1. The molecule has 0 bridgehead atoms. The monoisotopic (exact) mass is 286 g/mol. The number of carbonyl (C=O) groups excluding carboxylic acids is 1. The van der Waals surface area contributed by atoms with Crippen LogP contribution < -0.4 is 0 Å². The minimum Gasteiger partial charge on any atom is -0.507 e. The molecule has 1 rings (SSSR count). The lowest BCUT2D eigenvalue weighted by Gasteiger charge is -2.07. The van der Waals surface area contributed by atoms with Crippen LogP contribution in [0.25, 0.3) is 0 Å². The van der Waals surface area contributed by atoms with Gasteiger partial charge in [0.05, 0.1) is 12.9 Å². The van der Waals surface area contributed by atoms with Gasteiger partial charge < -0.3 is 9.84 Å². The van der Waals surface area contributed by atoms with Gasteiger partial charge in [0, 0.05) is 0 Å². The second-order valence-corrected chi connectivity index (χ2v) is 6.54. The van der Waals surface area contributed by atoms with Gasteiger partial charge in [0.2, 0.25) is 0 Å². The molecule has 0 radical (unpaired) electrons. The highest BCUT2D eigenvalue weighted by Crippen LogP contribution is 2.22. The van der Waals surface area contributed by atoms with Crippen molar-refractivity contribution in [2.24, 2.45) is 0 Å². The van der Waals surface area contributed by atoms with Crippen molar-refractivity contribution >= 4 is 15.8 Å². The van der Waals surface area contributed by atoms with E-state index in [9.17, 15) is 18.3 Å². The number of esters is 1. The number of para-hydroxylation sites is 1. The fourth-order valence-corrected chi connectivity index (χ4v) is 2.92. The molecule has 0 saturated carbocycles. The number of aryl methyl sites for hydroxylation is 2. The van der Waals surface area contributed by atoms with Crippen LogP contribution in [0.3, 0.4) is 0 Å². The highest BCUT2D eigenvalue weighted by Gasteiger charge is 2.17. The Morgan fingerprint density at radius 1 is 1.37 bits per heavy atom. The van der Waals surface area contributed by atoms with Crippen molar-refractivity contribution in [2.75, 3.05) is 18.6 Å². The van der Waals surface area contributed by atoms with Gasteiger partial charge >= 0.3 is 5.97 Å². The second-order valence-electron chi connectivity index (χ2n) is 4.35. The smallest absolute Gasteiger partial charge is 0.320 e. The third-order valence-corrected chi connectivity index (χ3v) is 4.37. The molecule has 6 heteroatoms. The van der Waals surface area contributed by atoms with Crippen LogP contribution >= 0.6 is 0 Å². The predicted molar refractivity (Wildman–Crippen MR) is 71.8 cm³/mol. The Bertz CT molecular complexity index is 548. The molecule has 0 unspecified atom stereocenters. The van der Waals surface area contributed by atoms with E-state index in [0.717, 1.165) is 12.7 Å². The summed E-state index contributed by atoms with van der Waals surface area (Å²) in [4.78, 5) is 10.9. The number of sulfone groups is 1. The van der Waals surface area contributed by atoms with Gasteiger partial charge in [-0.1, -0.05) is 18.2 Å². The summed E-state index contributed by atoms with van der Waals surface area (Å²) >= 11 is 0. The van der Waals surface area contributed by atoms with Gasteiger partial charge in [-0.05, 0) is 30.9 Å². The number of rotatable bonds is 6. The molecule has 0 spiro atoms. The van der Waals surface area contributed by atoms with Crippen molar-refractivity contribution < 1.29 is 23.1 Å². The maximum Gasteiger partial charge on any atom is 0.320 e. The van der Waals surface area contributed by atoms with E-state index in [1.807, 2.05) is 6.07 Å². The van der Waals surface area contributed by atoms with Gasteiger partial charge in [-0.2, -0.15) is 0 Å². The quantitative estimate of drug-likeness (QED) is 0.795. The van der Waals surface area contributed by atoms with E-state index in [0.29, 0.717) is 18.4 Å². The maximum absolute atomic E-state index is 11.6. The number of carbonyl (C=O) groups is 1. The van der Waals surface area contributed by atoms with Gasteiger partial charge in [-0.25, -0.2) is 8.42 Å². The van der Waals surface area contributed by atoms with Crippen molar-refractivity contribution in [1.29, 1.82) is 0 Å². The molecule has 1 N–H and O–H groups in total. The molecule has 19 heavy (non-hydrogen) atoms. The molecule has 1 aromatic rings. The minimum atomic E-state index is -3.44. The van der Waals surface area contributed by atoms with Gasteiger partial charge in [0.25, 0.3) is 0 Å². The number of phenolic OH excluding ortho intramolecular Hbond substituents is 1. The number of ether oxygens (including phenoxy) is 1. The summed E-state index contributed by atoms with van der Waals surface area (Å²) in [7, 11) is -2.29. The second kappa shape index (κ2) is 6.56. The molecule has 0 aliphatic rings. The molecule has 0 atom stereocenters. The first kappa shape index (κ1) is 15.5. The normalized spacial score (nSPS) is 11.3.